The Bertz CT molecular complexity index is 2480. The smallest absolute Gasteiger partial charge is 0.191 e. The van der Waals surface area contributed by atoms with Crippen LogP contribution in [0.4, 0.5) is 10.1 Å². The second-order valence-corrected chi connectivity index (χ2v) is 13.1. The summed E-state index contributed by atoms with van der Waals surface area (Å²) in [6.07, 6.45) is 4.60. The fourth-order valence-electron chi connectivity index (χ4n) is 5.85. The molecule has 0 aliphatic heterocycles. The highest BCUT2D eigenvalue weighted by Gasteiger charge is 2.15. The molecule has 0 fully saturated rings. The van der Waals surface area contributed by atoms with Crippen molar-refractivity contribution in [2.24, 2.45) is 10.8 Å². The van der Waals surface area contributed by atoms with Gasteiger partial charge in [-0.1, -0.05) is 53.5 Å². The van der Waals surface area contributed by atoms with Crippen LogP contribution >= 0.6 is 35.4 Å². The van der Waals surface area contributed by atoms with Gasteiger partial charge in [-0.3, -0.25) is 4.98 Å². The number of halogens is 3. The van der Waals surface area contributed by atoms with Crippen molar-refractivity contribution in [3.05, 3.63) is 136 Å². The van der Waals surface area contributed by atoms with Gasteiger partial charge in [0, 0.05) is 38.5 Å². The fourth-order valence-corrected chi connectivity index (χ4v) is 6.52. The van der Waals surface area contributed by atoms with E-state index in [1.165, 1.54) is 28.9 Å². The van der Waals surface area contributed by atoms with Gasteiger partial charge in [-0.05, 0) is 103 Å². The summed E-state index contributed by atoms with van der Waals surface area (Å²) in [5.41, 5.74) is 10.5. The first-order valence-corrected chi connectivity index (χ1v) is 17.4. The number of hydrogen-bond donors (Lipinski definition) is 1. The number of nitrogens with zero attached hydrogens (tertiary/aromatic N) is 4. The van der Waals surface area contributed by atoms with Gasteiger partial charge in [-0.15, -0.1) is 0 Å². The van der Waals surface area contributed by atoms with E-state index in [-0.39, 0.29) is 10.9 Å². The largest absolute Gasteiger partial charge is 0.493 e. The van der Waals surface area contributed by atoms with Gasteiger partial charge in [-0.2, -0.15) is 5.10 Å². The summed E-state index contributed by atoms with van der Waals surface area (Å²) in [6, 6.07) is 31.0. The maximum absolute atomic E-state index is 15.4. The van der Waals surface area contributed by atoms with Crippen molar-refractivity contribution < 1.29 is 18.6 Å². The Balaban J connectivity index is 1.04. The second-order valence-electron chi connectivity index (χ2n) is 11.8. The minimum Gasteiger partial charge on any atom is -0.493 e. The lowest BCUT2D eigenvalue weighted by atomic mass is 10.0. The lowest BCUT2D eigenvalue weighted by molar-refractivity contribution is 0.290. The Kier molecular flexibility index (Phi) is 10.3. The minimum atomic E-state index is -0.608. The van der Waals surface area contributed by atoms with Crippen LogP contribution in [0.5, 0.6) is 23.0 Å². The molecule has 0 aliphatic rings. The van der Waals surface area contributed by atoms with Gasteiger partial charge in [0.25, 0.3) is 0 Å². The first-order valence-electron chi connectivity index (χ1n) is 16.2. The highest BCUT2D eigenvalue weighted by atomic mass is 35.5. The van der Waals surface area contributed by atoms with Crippen molar-refractivity contribution in [3.8, 4) is 23.0 Å². The normalized spacial score (nSPS) is 11.4. The standard InChI is InChI=1S/C40H30Cl2FN5O3S/c1-49-38-21-31-35(22-39(38)50-15-5-8-25-7-4-10-34-30(25)17-26-6-2-3-9-33(26)47-34)45-14-13-36(31)51-37-12-11-24(16-32(37)43)23-46-48(40(44)52)29-19-27(41)18-28(42)20-29/h2-4,6-7,9-14,16-23H,5,8,15H2,1H3,(H2,44,52)/b46-23+. The number of hydrazone groups is 1. The topological polar surface area (TPSA) is 95.1 Å². The van der Waals surface area contributed by atoms with Crippen molar-refractivity contribution in [3.63, 3.8) is 0 Å². The number of nitrogens with two attached hydrogens (primary N) is 1. The lowest BCUT2D eigenvalue weighted by Gasteiger charge is -2.17. The molecule has 0 saturated carbocycles. The molecule has 7 rings (SSSR count). The van der Waals surface area contributed by atoms with E-state index in [0.29, 0.717) is 56.1 Å². The van der Waals surface area contributed by atoms with Crippen LogP contribution in [0.2, 0.25) is 10.0 Å². The molecule has 5 aromatic carbocycles. The molecule has 0 bridgehead atoms. The van der Waals surface area contributed by atoms with Crippen LogP contribution in [0, 0.1) is 5.82 Å². The highest BCUT2D eigenvalue weighted by Crippen LogP contribution is 2.38. The zero-order valence-electron chi connectivity index (χ0n) is 27.7. The number of methoxy groups -OCH3 is 1. The number of aromatic nitrogens is 2. The summed E-state index contributed by atoms with van der Waals surface area (Å²) < 4.78 is 33.3. The van der Waals surface area contributed by atoms with Crippen LogP contribution in [0.1, 0.15) is 17.5 Å². The fraction of sp³-hybridized carbons (Fsp3) is 0.100. The van der Waals surface area contributed by atoms with E-state index in [0.717, 1.165) is 34.6 Å². The lowest BCUT2D eigenvalue weighted by Crippen LogP contribution is -2.31. The zero-order chi connectivity index (χ0) is 36.2. The molecule has 0 spiro atoms. The summed E-state index contributed by atoms with van der Waals surface area (Å²) in [7, 11) is 1.57. The van der Waals surface area contributed by atoms with Crippen molar-refractivity contribution in [2.75, 3.05) is 18.7 Å². The number of thiocarbonyl (C=S) groups is 1. The van der Waals surface area contributed by atoms with Gasteiger partial charge in [0.2, 0.25) is 0 Å². The van der Waals surface area contributed by atoms with Crippen LogP contribution in [0.3, 0.4) is 0 Å². The number of rotatable bonds is 11. The molecular weight excluding hydrogens is 720 g/mol. The van der Waals surface area contributed by atoms with Crippen LogP contribution in [-0.2, 0) is 6.42 Å². The Morgan fingerprint density at radius 1 is 0.846 bits per heavy atom. The van der Waals surface area contributed by atoms with Crippen molar-refractivity contribution in [1.29, 1.82) is 0 Å². The maximum atomic E-state index is 15.4. The van der Waals surface area contributed by atoms with Gasteiger partial charge in [0.1, 0.15) is 5.75 Å². The zero-order valence-corrected chi connectivity index (χ0v) is 30.1. The maximum Gasteiger partial charge on any atom is 0.191 e. The predicted molar refractivity (Wildman–Crippen MR) is 211 cm³/mol. The molecule has 0 radical (unpaired) electrons. The molecule has 2 aromatic heterocycles. The molecule has 7 aromatic rings. The second kappa shape index (κ2) is 15.4. The minimum absolute atomic E-state index is 0.00778. The first-order chi connectivity index (χ1) is 25.2. The predicted octanol–water partition coefficient (Wildman–Crippen LogP) is 10.3. The first kappa shape index (κ1) is 34.9. The van der Waals surface area contributed by atoms with Crippen molar-refractivity contribution >= 4 is 85.1 Å². The number of benzene rings is 5. The third-order valence-electron chi connectivity index (χ3n) is 8.28. The Hall–Kier alpha value is -5.55. The van der Waals surface area contributed by atoms with Gasteiger partial charge in [0.05, 0.1) is 42.2 Å². The molecule has 0 saturated heterocycles. The summed E-state index contributed by atoms with van der Waals surface area (Å²) in [4.78, 5) is 9.34. The van der Waals surface area contributed by atoms with Crippen LogP contribution in [0.15, 0.2) is 114 Å². The third-order valence-corrected chi connectivity index (χ3v) is 8.89. The van der Waals surface area contributed by atoms with E-state index in [1.807, 2.05) is 30.3 Å². The monoisotopic (exact) mass is 749 g/mol. The van der Waals surface area contributed by atoms with Gasteiger partial charge in [-0.25, -0.2) is 14.4 Å². The molecule has 2 N–H and O–H groups in total. The SMILES string of the molecule is COc1cc2c(Oc3ccc(/C=N/N(C(N)=S)c4cc(Cl)cc(Cl)c4)cc3F)ccnc2cc1OCCCc1cccc2nc3ccccc3cc12. The van der Waals surface area contributed by atoms with Gasteiger partial charge in [0.15, 0.2) is 28.2 Å². The quantitative estimate of drug-likeness (QED) is 0.0459. The highest BCUT2D eigenvalue weighted by molar-refractivity contribution is 7.80. The van der Waals surface area contributed by atoms with E-state index in [1.54, 1.807) is 55.8 Å². The number of aryl methyl sites for hydroxylation is 1. The molecule has 0 aliphatic carbocycles. The average Bonchev–Trinajstić information content (AvgIpc) is 3.13. The Labute approximate surface area is 314 Å². The van der Waals surface area contributed by atoms with E-state index < -0.39 is 5.82 Å². The van der Waals surface area contributed by atoms with Crippen LogP contribution in [0.25, 0.3) is 32.7 Å². The number of para-hydroxylation sites is 1. The number of anilines is 1. The van der Waals surface area contributed by atoms with E-state index >= 15 is 4.39 Å². The number of ether oxygens (including phenoxy) is 3. The summed E-state index contributed by atoms with van der Waals surface area (Å²) >= 11 is 17.4. The molecule has 0 unspecified atom stereocenters. The van der Waals surface area contributed by atoms with Crippen molar-refractivity contribution in [1.82, 2.24) is 9.97 Å². The van der Waals surface area contributed by atoms with E-state index in [2.05, 4.69) is 28.3 Å². The summed E-state index contributed by atoms with van der Waals surface area (Å²) in [6.45, 7) is 0.456. The molecule has 52 heavy (non-hydrogen) atoms. The summed E-state index contributed by atoms with van der Waals surface area (Å²) in [5, 5.41) is 9.19. The van der Waals surface area contributed by atoms with Crippen LogP contribution in [-0.4, -0.2) is 35.0 Å². The van der Waals surface area contributed by atoms with E-state index in [9.17, 15) is 0 Å². The van der Waals surface area contributed by atoms with E-state index in [4.69, 9.17) is 60.3 Å². The Morgan fingerprint density at radius 3 is 2.44 bits per heavy atom. The molecule has 2 heterocycles. The molecule has 8 nitrogen and oxygen atoms in total. The van der Waals surface area contributed by atoms with Gasteiger partial charge < -0.3 is 19.9 Å². The average molecular weight is 751 g/mol. The molecule has 12 heteroatoms. The number of fused-ring (bicyclic) bond motifs is 3. The molecule has 260 valence electrons. The van der Waals surface area contributed by atoms with Crippen LogP contribution < -0.4 is 25.0 Å². The van der Waals surface area contributed by atoms with Crippen molar-refractivity contribution in [2.45, 2.75) is 12.8 Å². The molecular formula is C40H30Cl2FN5O3S. The molecule has 0 atom stereocenters. The third kappa shape index (κ3) is 7.69. The van der Waals surface area contributed by atoms with Gasteiger partial charge >= 0.3 is 0 Å². The Morgan fingerprint density at radius 2 is 1.65 bits per heavy atom. The number of hydrogen-bond acceptors (Lipinski definition) is 7. The number of pyridine rings is 2. The summed E-state index contributed by atoms with van der Waals surface area (Å²) in [5.74, 6) is 0.842. The molecule has 0 amide bonds.